The van der Waals surface area contributed by atoms with Gasteiger partial charge in [-0.25, -0.2) is 0 Å². The molecule has 5 heteroatoms. The molecule has 28 heavy (non-hydrogen) atoms. The van der Waals surface area contributed by atoms with Crippen LogP contribution in [0.5, 0.6) is 5.75 Å². The van der Waals surface area contributed by atoms with Gasteiger partial charge >= 0.3 is 0 Å². The number of nitrogens with one attached hydrogen (secondary N) is 1. The summed E-state index contributed by atoms with van der Waals surface area (Å²) >= 11 is 12.6. The number of halogens is 2. The molecule has 1 aliphatic carbocycles. The van der Waals surface area contributed by atoms with Crippen LogP contribution in [0.1, 0.15) is 51.5 Å². The molecule has 2 aromatic rings. The predicted octanol–water partition coefficient (Wildman–Crippen LogP) is 6.87. The number of anilines is 1. The first-order valence-electron chi connectivity index (χ1n) is 9.90. The Bertz CT molecular complexity index is 812. The van der Waals surface area contributed by atoms with E-state index in [0.717, 1.165) is 49.1 Å². The maximum atomic E-state index is 13.4. The second-order valence-corrected chi connectivity index (χ2v) is 8.79. The van der Waals surface area contributed by atoms with E-state index in [2.05, 4.69) is 19.2 Å². The highest BCUT2D eigenvalue weighted by molar-refractivity contribution is 6.35. The quantitative estimate of drug-likeness (QED) is 0.554. The average Bonchev–Trinajstić information content (AvgIpc) is 2.68. The van der Waals surface area contributed by atoms with Gasteiger partial charge in [-0.05, 0) is 60.7 Å². The summed E-state index contributed by atoms with van der Waals surface area (Å²) in [5, 5.41) is 4.24. The van der Waals surface area contributed by atoms with Crippen molar-refractivity contribution in [2.45, 2.75) is 51.4 Å². The van der Waals surface area contributed by atoms with Gasteiger partial charge in [-0.2, -0.15) is 0 Å². The minimum absolute atomic E-state index is 0.00716. The normalized spacial score (nSPS) is 16.0. The Morgan fingerprint density at radius 1 is 1.07 bits per heavy atom. The molecule has 1 aliphatic rings. The second kappa shape index (κ2) is 9.19. The number of hydrogen-bond donors (Lipinski definition) is 1. The third-order valence-electron chi connectivity index (χ3n) is 5.28. The van der Waals surface area contributed by atoms with E-state index in [0.29, 0.717) is 22.6 Å². The van der Waals surface area contributed by atoms with E-state index in [1.807, 2.05) is 36.4 Å². The van der Waals surface area contributed by atoms with Crippen molar-refractivity contribution >= 4 is 34.8 Å². The summed E-state index contributed by atoms with van der Waals surface area (Å²) in [7, 11) is 0. The highest BCUT2D eigenvalue weighted by Crippen LogP contribution is 2.44. The Hall–Kier alpha value is -1.71. The van der Waals surface area contributed by atoms with Crippen molar-refractivity contribution < 1.29 is 9.53 Å². The fourth-order valence-corrected chi connectivity index (χ4v) is 4.39. The van der Waals surface area contributed by atoms with Crippen molar-refractivity contribution in [2.24, 2.45) is 5.92 Å². The summed E-state index contributed by atoms with van der Waals surface area (Å²) in [6.07, 6.45) is 4.73. The maximum Gasteiger partial charge on any atom is 0.235 e. The minimum atomic E-state index is -0.618. The van der Waals surface area contributed by atoms with Gasteiger partial charge in [-0.3, -0.25) is 4.79 Å². The van der Waals surface area contributed by atoms with Gasteiger partial charge in [-0.15, -0.1) is 0 Å². The third kappa shape index (κ3) is 4.82. The number of rotatable bonds is 6. The van der Waals surface area contributed by atoms with Crippen molar-refractivity contribution in [3.05, 3.63) is 58.1 Å². The largest absolute Gasteiger partial charge is 0.493 e. The van der Waals surface area contributed by atoms with E-state index in [9.17, 15) is 4.79 Å². The van der Waals surface area contributed by atoms with E-state index >= 15 is 0 Å². The van der Waals surface area contributed by atoms with Gasteiger partial charge in [0.1, 0.15) is 5.75 Å². The van der Waals surface area contributed by atoms with Crippen molar-refractivity contribution in [3.63, 3.8) is 0 Å². The molecule has 2 aromatic carbocycles. The first-order valence-corrected chi connectivity index (χ1v) is 10.7. The fourth-order valence-electron chi connectivity index (χ4n) is 3.80. The molecule has 0 aromatic heterocycles. The summed E-state index contributed by atoms with van der Waals surface area (Å²) in [6.45, 7) is 4.89. The topological polar surface area (TPSA) is 38.3 Å². The van der Waals surface area contributed by atoms with E-state index in [-0.39, 0.29) is 5.91 Å². The van der Waals surface area contributed by atoms with E-state index < -0.39 is 5.41 Å². The Kier molecular flexibility index (Phi) is 6.90. The van der Waals surface area contributed by atoms with Crippen LogP contribution in [-0.4, -0.2) is 12.5 Å². The van der Waals surface area contributed by atoms with Crippen LogP contribution in [0, 0.1) is 5.92 Å². The van der Waals surface area contributed by atoms with Crippen LogP contribution in [0.3, 0.4) is 0 Å². The van der Waals surface area contributed by atoms with Gasteiger partial charge in [0.2, 0.25) is 5.91 Å². The van der Waals surface area contributed by atoms with E-state index in [1.54, 1.807) is 6.07 Å². The van der Waals surface area contributed by atoms with E-state index in [4.69, 9.17) is 27.9 Å². The van der Waals surface area contributed by atoms with Crippen LogP contribution in [0.25, 0.3) is 0 Å². The highest BCUT2D eigenvalue weighted by atomic mass is 35.5. The third-order valence-corrected chi connectivity index (χ3v) is 5.83. The van der Waals surface area contributed by atoms with E-state index in [1.165, 1.54) is 0 Å². The highest BCUT2D eigenvalue weighted by Gasteiger charge is 2.42. The standard InChI is InChI=1S/C23H27Cl2NO2/c1-16(2)15-28-19-9-7-18(8-10-19)26-22(27)23(12-4-3-5-13-23)20-11-6-17(24)14-21(20)25/h6-11,14,16H,3-5,12-13,15H2,1-2H3,(H,26,27). The zero-order valence-electron chi connectivity index (χ0n) is 16.4. The summed E-state index contributed by atoms with van der Waals surface area (Å²) in [4.78, 5) is 13.4. The zero-order valence-corrected chi connectivity index (χ0v) is 17.9. The van der Waals surface area contributed by atoms with Crippen LogP contribution in [-0.2, 0) is 10.2 Å². The molecule has 3 nitrogen and oxygen atoms in total. The Morgan fingerprint density at radius 3 is 2.36 bits per heavy atom. The smallest absolute Gasteiger partial charge is 0.235 e. The minimum Gasteiger partial charge on any atom is -0.493 e. The molecule has 0 bridgehead atoms. The molecule has 0 spiro atoms. The number of ether oxygens (including phenoxy) is 1. The van der Waals surface area contributed by atoms with Crippen molar-refractivity contribution in [1.82, 2.24) is 0 Å². The van der Waals surface area contributed by atoms with Crippen molar-refractivity contribution in [3.8, 4) is 5.75 Å². The monoisotopic (exact) mass is 419 g/mol. The summed E-state index contributed by atoms with van der Waals surface area (Å²) < 4.78 is 5.72. The summed E-state index contributed by atoms with van der Waals surface area (Å²) in [6, 6.07) is 13.0. The van der Waals surface area contributed by atoms with Crippen LogP contribution < -0.4 is 10.1 Å². The molecule has 1 fully saturated rings. The summed E-state index contributed by atoms with van der Waals surface area (Å²) in [5.41, 5.74) is 1.01. The van der Waals surface area contributed by atoms with Gasteiger partial charge in [0.15, 0.2) is 0 Å². The molecule has 1 saturated carbocycles. The lowest BCUT2D eigenvalue weighted by molar-refractivity contribution is -0.122. The van der Waals surface area contributed by atoms with Gasteiger partial charge in [0, 0.05) is 15.7 Å². The first-order chi connectivity index (χ1) is 13.4. The molecule has 150 valence electrons. The van der Waals surface area contributed by atoms with Crippen LogP contribution >= 0.6 is 23.2 Å². The van der Waals surface area contributed by atoms with Crippen molar-refractivity contribution in [1.29, 1.82) is 0 Å². The maximum absolute atomic E-state index is 13.4. The molecule has 0 saturated heterocycles. The predicted molar refractivity (Wildman–Crippen MR) is 117 cm³/mol. The molecular formula is C23H27Cl2NO2. The lowest BCUT2D eigenvalue weighted by atomic mass is 9.68. The molecule has 0 radical (unpaired) electrons. The average molecular weight is 420 g/mol. The molecular weight excluding hydrogens is 393 g/mol. The number of hydrogen-bond acceptors (Lipinski definition) is 2. The first kappa shape index (κ1) is 21.0. The molecule has 0 unspecified atom stereocenters. The van der Waals surface area contributed by atoms with Gasteiger partial charge in [0.25, 0.3) is 0 Å². The number of benzene rings is 2. The lowest BCUT2D eigenvalue weighted by Crippen LogP contribution is -2.42. The molecule has 0 aliphatic heterocycles. The van der Waals surface area contributed by atoms with Gasteiger partial charge < -0.3 is 10.1 Å². The van der Waals surface area contributed by atoms with Crippen molar-refractivity contribution in [2.75, 3.05) is 11.9 Å². The Balaban J connectivity index is 1.80. The molecule has 0 heterocycles. The SMILES string of the molecule is CC(C)COc1ccc(NC(=O)C2(c3ccc(Cl)cc3Cl)CCCCC2)cc1. The molecule has 1 amide bonds. The lowest BCUT2D eigenvalue weighted by Gasteiger charge is -2.37. The van der Waals surface area contributed by atoms with Gasteiger partial charge in [-0.1, -0.05) is 62.4 Å². The van der Waals surface area contributed by atoms with Crippen LogP contribution in [0.2, 0.25) is 10.0 Å². The van der Waals surface area contributed by atoms with Gasteiger partial charge in [0.05, 0.1) is 12.0 Å². The molecule has 1 N–H and O–H groups in total. The van der Waals surface area contributed by atoms with Crippen LogP contribution in [0.15, 0.2) is 42.5 Å². The second-order valence-electron chi connectivity index (χ2n) is 7.95. The zero-order chi connectivity index (χ0) is 20.1. The number of carbonyl (C=O) groups excluding carboxylic acids is 1. The molecule has 3 rings (SSSR count). The van der Waals surface area contributed by atoms with Crippen LogP contribution in [0.4, 0.5) is 5.69 Å². The summed E-state index contributed by atoms with van der Waals surface area (Å²) in [5.74, 6) is 1.27. The Labute approximate surface area is 177 Å². The molecule has 0 atom stereocenters. The number of amides is 1. The Morgan fingerprint density at radius 2 is 1.75 bits per heavy atom. The number of carbonyl (C=O) groups is 1. The fraction of sp³-hybridized carbons (Fsp3) is 0.435.